The van der Waals surface area contributed by atoms with Crippen molar-refractivity contribution in [3.63, 3.8) is 0 Å². The molecule has 0 aromatic carbocycles. The lowest BCUT2D eigenvalue weighted by atomic mass is 9.65. The maximum atomic E-state index is 11.7. The molecule has 78 valence electrons. The van der Waals surface area contributed by atoms with Crippen molar-refractivity contribution in [2.24, 2.45) is 11.3 Å². The Labute approximate surface area is 96.7 Å². The summed E-state index contributed by atoms with van der Waals surface area (Å²) >= 11 is 2.37. The summed E-state index contributed by atoms with van der Waals surface area (Å²) in [7, 11) is 0. The van der Waals surface area contributed by atoms with Crippen LogP contribution in [0.1, 0.15) is 19.8 Å². The molecule has 4 unspecified atom stereocenters. The predicted octanol–water partition coefficient (Wildman–Crippen LogP) is 1.53. The number of hydrogen-bond acceptors (Lipinski definition) is 3. The van der Waals surface area contributed by atoms with Crippen LogP contribution in [0.4, 0.5) is 0 Å². The van der Waals surface area contributed by atoms with E-state index in [0.29, 0.717) is 6.61 Å². The van der Waals surface area contributed by atoms with Gasteiger partial charge in [0, 0.05) is 10.3 Å². The van der Waals surface area contributed by atoms with Crippen molar-refractivity contribution in [2.75, 3.05) is 11.0 Å². The van der Waals surface area contributed by atoms with Gasteiger partial charge in [-0.1, -0.05) is 22.6 Å². The molecule has 3 heterocycles. The Morgan fingerprint density at radius 3 is 3.14 bits per heavy atom. The molecule has 4 heteroatoms. The highest BCUT2D eigenvalue weighted by atomic mass is 127. The lowest BCUT2D eigenvalue weighted by molar-refractivity contribution is -0.149. The lowest BCUT2D eigenvalue weighted by Crippen LogP contribution is -2.45. The largest absolute Gasteiger partial charge is 0.465 e. The average Bonchev–Trinajstić information content (AvgIpc) is 2.78. The molecule has 0 N–H and O–H groups in total. The van der Waals surface area contributed by atoms with Gasteiger partial charge in [0.1, 0.15) is 5.41 Å². The molecule has 3 rings (SSSR count). The van der Waals surface area contributed by atoms with Gasteiger partial charge < -0.3 is 9.47 Å². The number of hydrogen-bond donors (Lipinski definition) is 0. The van der Waals surface area contributed by atoms with Gasteiger partial charge in [0.25, 0.3) is 0 Å². The van der Waals surface area contributed by atoms with Gasteiger partial charge >= 0.3 is 5.97 Å². The zero-order valence-electron chi connectivity index (χ0n) is 8.09. The van der Waals surface area contributed by atoms with Gasteiger partial charge in [0.15, 0.2) is 0 Å². The molecule has 3 aliphatic rings. The molecule has 3 saturated heterocycles. The zero-order valence-corrected chi connectivity index (χ0v) is 10.2. The molecule has 3 nitrogen and oxygen atoms in total. The van der Waals surface area contributed by atoms with Gasteiger partial charge in [0.2, 0.25) is 0 Å². The van der Waals surface area contributed by atoms with E-state index in [2.05, 4.69) is 22.6 Å². The van der Waals surface area contributed by atoms with Gasteiger partial charge in [-0.25, -0.2) is 0 Å². The molecule has 0 aromatic rings. The molecule has 0 amide bonds. The van der Waals surface area contributed by atoms with Gasteiger partial charge in [-0.3, -0.25) is 4.79 Å². The number of carbonyl (C=O) groups is 1. The fraction of sp³-hybridized carbons (Fsp3) is 0.900. The standard InChI is InChI=1S/C10H13IO3/c1-9-6(4-13-8(9)12)10(5-11)3-2-7(9)14-10/h6-7H,2-5H2,1H3. The van der Waals surface area contributed by atoms with Crippen molar-refractivity contribution in [1.29, 1.82) is 0 Å². The summed E-state index contributed by atoms with van der Waals surface area (Å²) in [6.45, 7) is 2.58. The van der Waals surface area contributed by atoms with Crippen molar-refractivity contribution in [3.05, 3.63) is 0 Å². The van der Waals surface area contributed by atoms with Crippen LogP contribution in [0.15, 0.2) is 0 Å². The highest BCUT2D eigenvalue weighted by Crippen LogP contribution is 2.61. The van der Waals surface area contributed by atoms with Crippen LogP contribution in [0.25, 0.3) is 0 Å². The summed E-state index contributed by atoms with van der Waals surface area (Å²) in [4.78, 5) is 11.7. The summed E-state index contributed by atoms with van der Waals surface area (Å²) < 4.78 is 12.2. The number of carbonyl (C=O) groups excluding carboxylic acids is 1. The average molecular weight is 308 g/mol. The van der Waals surface area contributed by atoms with Crippen LogP contribution in [0.2, 0.25) is 0 Å². The molecular formula is C10H13IO3. The Balaban J connectivity index is 2.07. The van der Waals surface area contributed by atoms with Crippen LogP contribution in [-0.2, 0) is 14.3 Å². The molecule has 0 aromatic heterocycles. The molecule has 4 atom stereocenters. The quantitative estimate of drug-likeness (QED) is 0.419. The molecule has 3 aliphatic heterocycles. The van der Waals surface area contributed by atoms with Crippen molar-refractivity contribution >= 4 is 28.6 Å². The van der Waals surface area contributed by atoms with E-state index in [4.69, 9.17) is 9.47 Å². The maximum absolute atomic E-state index is 11.7. The second kappa shape index (κ2) is 2.64. The lowest BCUT2D eigenvalue weighted by Gasteiger charge is -2.33. The third-order valence-corrected chi connectivity index (χ3v) is 5.57. The van der Waals surface area contributed by atoms with E-state index in [-0.39, 0.29) is 29.0 Å². The first kappa shape index (κ1) is 9.39. The first-order valence-corrected chi connectivity index (χ1v) is 6.57. The molecule has 0 saturated carbocycles. The maximum Gasteiger partial charge on any atom is 0.314 e. The normalized spacial score (nSPS) is 54.9. The Morgan fingerprint density at radius 1 is 1.64 bits per heavy atom. The molecule has 0 radical (unpaired) electrons. The molecule has 3 fully saturated rings. The predicted molar refractivity (Wildman–Crippen MR) is 58.3 cm³/mol. The summed E-state index contributed by atoms with van der Waals surface area (Å²) in [6, 6.07) is 0. The smallest absolute Gasteiger partial charge is 0.314 e. The number of halogens is 1. The van der Waals surface area contributed by atoms with E-state index < -0.39 is 0 Å². The summed E-state index contributed by atoms with van der Waals surface area (Å²) in [5.74, 6) is 0.247. The van der Waals surface area contributed by atoms with Crippen LogP contribution in [-0.4, -0.2) is 28.7 Å². The monoisotopic (exact) mass is 308 g/mol. The fourth-order valence-corrected chi connectivity index (χ4v) is 4.42. The van der Waals surface area contributed by atoms with Gasteiger partial charge in [-0.2, -0.15) is 0 Å². The third-order valence-electron chi connectivity index (χ3n) is 4.28. The fourth-order valence-electron chi connectivity index (χ4n) is 3.33. The van der Waals surface area contributed by atoms with Crippen LogP contribution < -0.4 is 0 Å². The second-order valence-electron chi connectivity index (χ2n) is 4.78. The van der Waals surface area contributed by atoms with E-state index in [0.717, 1.165) is 17.3 Å². The van der Waals surface area contributed by atoms with E-state index in [1.165, 1.54) is 0 Å². The van der Waals surface area contributed by atoms with E-state index >= 15 is 0 Å². The highest BCUT2D eigenvalue weighted by Gasteiger charge is 2.71. The Bertz CT molecular complexity index is 306. The number of fused-ring (bicyclic) bond motifs is 5. The van der Waals surface area contributed by atoms with E-state index in [1.807, 2.05) is 6.92 Å². The summed E-state index contributed by atoms with van der Waals surface area (Å²) in [5.41, 5.74) is -0.407. The van der Waals surface area contributed by atoms with Gasteiger partial charge in [-0.15, -0.1) is 0 Å². The molecular weight excluding hydrogens is 295 g/mol. The van der Waals surface area contributed by atoms with Crippen molar-refractivity contribution in [3.8, 4) is 0 Å². The third kappa shape index (κ3) is 0.813. The Morgan fingerprint density at radius 2 is 2.43 bits per heavy atom. The SMILES string of the molecule is CC12C(=O)OCC1C1(CI)CCC2O1. The first-order chi connectivity index (χ1) is 6.63. The first-order valence-electron chi connectivity index (χ1n) is 5.04. The Hall–Kier alpha value is 0.160. The van der Waals surface area contributed by atoms with Gasteiger partial charge in [-0.05, 0) is 19.8 Å². The minimum absolute atomic E-state index is 0.0427. The van der Waals surface area contributed by atoms with Crippen LogP contribution in [0, 0.1) is 11.3 Å². The van der Waals surface area contributed by atoms with E-state index in [1.54, 1.807) is 0 Å². The van der Waals surface area contributed by atoms with Crippen molar-refractivity contribution in [2.45, 2.75) is 31.5 Å². The zero-order chi connectivity index (χ0) is 9.97. The Kier molecular flexibility index (Phi) is 1.77. The molecule has 0 aliphatic carbocycles. The topological polar surface area (TPSA) is 35.5 Å². The number of alkyl halides is 1. The number of rotatable bonds is 1. The van der Waals surface area contributed by atoms with Crippen LogP contribution >= 0.6 is 22.6 Å². The molecule has 0 spiro atoms. The molecule has 2 bridgehead atoms. The minimum Gasteiger partial charge on any atom is -0.465 e. The number of cyclic esters (lactones) is 1. The van der Waals surface area contributed by atoms with Crippen molar-refractivity contribution in [1.82, 2.24) is 0 Å². The number of esters is 1. The highest BCUT2D eigenvalue weighted by molar-refractivity contribution is 14.1. The van der Waals surface area contributed by atoms with Crippen molar-refractivity contribution < 1.29 is 14.3 Å². The summed E-state index contributed by atoms with van der Waals surface area (Å²) in [5, 5.41) is 0. The van der Waals surface area contributed by atoms with Gasteiger partial charge in [0.05, 0.1) is 18.3 Å². The summed E-state index contributed by atoms with van der Waals surface area (Å²) in [6.07, 6.45) is 2.22. The minimum atomic E-state index is -0.344. The second-order valence-corrected chi connectivity index (χ2v) is 5.54. The van der Waals surface area contributed by atoms with E-state index in [9.17, 15) is 4.79 Å². The van der Waals surface area contributed by atoms with Crippen LogP contribution in [0.3, 0.4) is 0 Å². The molecule has 14 heavy (non-hydrogen) atoms. The number of ether oxygens (including phenoxy) is 2. The van der Waals surface area contributed by atoms with Crippen LogP contribution in [0.5, 0.6) is 0 Å².